The lowest BCUT2D eigenvalue weighted by atomic mass is 10.2. The quantitative estimate of drug-likeness (QED) is 0.838. The number of nitrogens with two attached hydrogens (primary N) is 1. The van der Waals surface area contributed by atoms with E-state index in [0.717, 1.165) is 11.4 Å². The van der Waals surface area contributed by atoms with Gasteiger partial charge in [0.15, 0.2) is 0 Å². The summed E-state index contributed by atoms with van der Waals surface area (Å²) >= 11 is 0. The highest BCUT2D eigenvalue weighted by Gasteiger charge is 2.29. The van der Waals surface area contributed by atoms with Crippen molar-refractivity contribution >= 4 is 35.7 Å². The van der Waals surface area contributed by atoms with E-state index in [1.807, 2.05) is 24.3 Å². The topological polar surface area (TPSA) is 87.9 Å². The average molecular weight is 327 g/mol. The van der Waals surface area contributed by atoms with E-state index >= 15 is 0 Å². The summed E-state index contributed by atoms with van der Waals surface area (Å²) in [5.41, 5.74) is 7.20. The molecule has 0 radical (unpaired) electrons. The minimum atomic E-state index is -0.138. The normalized spacial score (nSPS) is 21.6. The lowest BCUT2D eigenvalue weighted by Gasteiger charge is -2.27. The number of halogens is 1. The lowest BCUT2D eigenvalue weighted by molar-refractivity contribution is -0.125. The first kappa shape index (κ1) is 16.5. The smallest absolute Gasteiger partial charge is 0.322 e. The van der Waals surface area contributed by atoms with Crippen molar-refractivity contribution in [2.45, 2.75) is 6.04 Å². The van der Waals surface area contributed by atoms with E-state index in [1.165, 1.54) is 0 Å². The second-order valence-corrected chi connectivity index (χ2v) is 5.11. The van der Waals surface area contributed by atoms with Crippen molar-refractivity contribution in [3.63, 3.8) is 0 Å². The van der Waals surface area contributed by atoms with E-state index in [1.54, 1.807) is 9.80 Å². The molecule has 2 saturated heterocycles. The highest BCUT2D eigenvalue weighted by Crippen LogP contribution is 2.23. The number of benzene rings is 1. The maximum atomic E-state index is 11.9. The van der Waals surface area contributed by atoms with E-state index in [9.17, 15) is 9.59 Å². The minimum absolute atomic E-state index is 0. The summed E-state index contributed by atoms with van der Waals surface area (Å²) < 4.78 is 5.11. The van der Waals surface area contributed by atoms with E-state index in [-0.39, 0.29) is 37.0 Å². The highest BCUT2D eigenvalue weighted by atomic mass is 35.5. The summed E-state index contributed by atoms with van der Waals surface area (Å²) in [4.78, 5) is 27.0. The van der Waals surface area contributed by atoms with Crippen LogP contribution in [0, 0.1) is 0 Å². The first-order chi connectivity index (χ1) is 10.2. The zero-order chi connectivity index (χ0) is 14.8. The molecule has 1 atom stereocenters. The van der Waals surface area contributed by atoms with Crippen molar-refractivity contribution in [2.75, 3.05) is 42.6 Å². The summed E-state index contributed by atoms with van der Waals surface area (Å²) in [5.74, 6) is -0.0453. The third kappa shape index (κ3) is 3.16. The fourth-order valence-electron chi connectivity index (χ4n) is 2.56. The molecule has 7 nitrogen and oxygen atoms in total. The number of amides is 3. The zero-order valence-electron chi connectivity index (χ0n) is 12.0. The number of nitrogens with zero attached hydrogens (tertiary/aromatic N) is 2. The van der Waals surface area contributed by atoms with Gasteiger partial charge in [-0.15, -0.1) is 12.4 Å². The fourth-order valence-corrected chi connectivity index (χ4v) is 2.56. The van der Waals surface area contributed by atoms with Crippen LogP contribution in [0.2, 0.25) is 0 Å². The molecule has 0 aromatic heterocycles. The van der Waals surface area contributed by atoms with Crippen LogP contribution in [0.1, 0.15) is 0 Å². The standard InChI is InChI=1S/C14H18N4O3.ClH/c15-7-10-8-18(14(20)16-10)12-3-1-11(2-4-12)17-5-6-21-9-13(17)19;/h1-4,10H,5-9,15H2,(H,16,20);1H. The summed E-state index contributed by atoms with van der Waals surface area (Å²) in [6.45, 7) is 2.19. The van der Waals surface area contributed by atoms with Gasteiger partial charge in [-0.05, 0) is 24.3 Å². The number of nitrogens with one attached hydrogen (secondary N) is 1. The van der Waals surface area contributed by atoms with Gasteiger partial charge in [-0.1, -0.05) is 0 Å². The number of urea groups is 1. The molecule has 0 bridgehead atoms. The first-order valence-corrected chi connectivity index (χ1v) is 6.95. The average Bonchev–Trinajstić information content (AvgIpc) is 2.89. The number of carbonyl (C=O) groups excluding carboxylic acids is 2. The minimum Gasteiger partial charge on any atom is -0.370 e. The van der Waals surface area contributed by atoms with Crippen molar-refractivity contribution in [2.24, 2.45) is 5.73 Å². The molecule has 1 unspecified atom stereocenters. The third-order valence-electron chi connectivity index (χ3n) is 3.72. The molecule has 3 N–H and O–H groups in total. The summed E-state index contributed by atoms with van der Waals surface area (Å²) in [5, 5.41) is 2.82. The third-order valence-corrected chi connectivity index (χ3v) is 3.72. The number of rotatable bonds is 3. The van der Waals surface area contributed by atoms with Gasteiger partial charge >= 0.3 is 6.03 Å². The molecule has 2 heterocycles. The summed E-state index contributed by atoms with van der Waals surface area (Å²) in [6.07, 6.45) is 0. The molecule has 2 aliphatic heterocycles. The van der Waals surface area contributed by atoms with Crippen LogP contribution < -0.4 is 20.9 Å². The Hall–Kier alpha value is -1.83. The van der Waals surface area contributed by atoms with Crippen LogP contribution in [0.25, 0.3) is 0 Å². The van der Waals surface area contributed by atoms with Crippen LogP contribution in [0.15, 0.2) is 24.3 Å². The molecule has 3 amide bonds. The number of ether oxygens (including phenoxy) is 1. The molecular formula is C14H19ClN4O3. The molecule has 0 saturated carbocycles. The van der Waals surface area contributed by atoms with Crippen molar-refractivity contribution in [1.82, 2.24) is 5.32 Å². The van der Waals surface area contributed by atoms with Gasteiger partial charge in [0, 0.05) is 31.0 Å². The molecule has 2 aliphatic rings. The maximum absolute atomic E-state index is 11.9. The van der Waals surface area contributed by atoms with Crippen LogP contribution in [0.4, 0.5) is 16.2 Å². The van der Waals surface area contributed by atoms with Gasteiger partial charge in [0.05, 0.1) is 12.6 Å². The molecule has 1 aromatic rings. The summed E-state index contributed by atoms with van der Waals surface area (Å²) in [6, 6.07) is 7.23. The van der Waals surface area contributed by atoms with Crippen molar-refractivity contribution in [3.05, 3.63) is 24.3 Å². The van der Waals surface area contributed by atoms with Gasteiger partial charge < -0.3 is 20.7 Å². The first-order valence-electron chi connectivity index (χ1n) is 6.95. The van der Waals surface area contributed by atoms with Crippen LogP contribution in [-0.2, 0) is 9.53 Å². The van der Waals surface area contributed by atoms with E-state index in [0.29, 0.717) is 26.2 Å². The lowest BCUT2D eigenvalue weighted by Crippen LogP contribution is -2.41. The predicted molar refractivity (Wildman–Crippen MR) is 85.6 cm³/mol. The maximum Gasteiger partial charge on any atom is 0.322 e. The van der Waals surface area contributed by atoms with Gasteiger partial charge in [-0.3, -0.25) is 9.69 Å². The molecule has 1 aromatic carbocycles. The van der Waals surface area contributed by atoms with Crippen LogP contribution >= 0.6 is 12.4 Å². The molecule has 3 rings (SSSR count). The van der Waals surface area contributed by atoms with E-state index in [2.05, 4.69) is 5.32 Å². The number of anilines is 2. The highest BCUT2D eigenvalue weighted by molar-refractivity contribution is 5.97. The van der Waals surface area contributed by atoms with Gasteiger partial charge in [0.25, 0.3) is 5.91 Å². The molecule has 120 valence electrons. The SMILES string of the molecule is Cl.NCC1CN(c2ccc(N3CCOCC3=O)cc2)C(=O)N1. The molecule has 0 aliphatic carbocycles. The molecular weight excluding hydrogens is 308 g/mol. The van der Waals surface area contributed by atoms with Gasteiger partial charge in [0.1, 0.15) is 6.61 Å². The van der Waals surface area contributed by atoms with Gasteiger partial charge in [-0.25, -0.2) is 4.79 Å². The van der Waals surface area contributed by atoms with Crippen molar-refractivity contribution in [1.29, 1.82) is 0 Å². The van der Waals surface area contributed by atoms with Crippen LogP contribution in [0.3, 0.4) is 0 Å². The fraction of sp³-hybridized carbons (Fsp3) is 0.429. The largest absolute Gasteiger partial charge is 0.370 e. The van der Waals surface area contributed by atoms with Crippen LogP contribution in [-0.4, -0.2) is 50.8 Å². The Morgan fingerprint density at radius 3 is 2.36 bits per heavy atom. The van der Waals surface area contributed by atoms with Crippen molar-refractivity contribution < 1.29 is 14.3 Å². The number of hydrogen-bond acceptors (Lipinski definition) is 4. The molecule has 2 fully saturated rings. The molecule has 0 spiro atoms. The molecule has 8 heteroatoms. The van der Waals surface area contributed by atoms with Crippen LogP contribution in [0.5, 0.6) is 0 Å². The monoisotopic (exact) mass is 326 g/mol. The van der Waals surface area contributed by atoms with E-state index in [4.69, 9.17) is 10.5 Å². The Morgan fingerprint density at radius 1 is 1.18 bits per heavy atom. The Balaban J connectivity index is 0.00000176. The van der Waals surface area contributed by atoms with Gasteiger partial charge in [0.2, 0.25) is 0 Å². The summed E-state index contributed by atoms with van der Waals surface area (Å²) in [7, 11) is 0. The number of hydrogen-bond donors (Lipinski definition) is 2. The number of carbonyl (C=O) groups is 2. The Kier molecular flexibility index (Phi) is 5.23. The second kappa shape index (κ2) is 6.95. The number of morpholine rings is 1. The van der Waals surface area contributed by atoms with Crippen molar-refractivity contribution in [3.8, 4) is 0 Å². The Morgan fingerprint density at radius 2 is 1.82 bits per heavy atom. The van der Waals surface area contributed by atoms with E-state index < -0.39 is 0 Å². The Labute approximate surface area is 134 Å². The molecule has 22 heavy (non-hydrogen) atoms. The predicted octanol–water partition coefficient (Wildman–Crippen LogP) is 0.328. The van der Waals surface area contributed by atoms with Gasteiger partial charge in [-0.2, -0.15) is 0 Å². The Bertz CT molecular complexity index is 552. The zero-order valence-corrected chi connectivity index (χ0v) is 12.8. The second-order valence-electron chi connectivity index (χ2n) is 5.11.